The van der Waals surface area contributed by atoms with E-state index in [0.717, 1.165) is 47.5 Å². The molecular weight excluding hydrogens is 394 g/mol. The number of pyridine rings is 1. The highest BCUT2D eigenvalue weighted by Gasteiger charge is 2.43. The first-order valence-corrected chi connectivity index (χ1v) is 11.2. The van der Waals surface area contributed by atoms with Gasteiger partial charge in [0.2, 0.25) is 5.82 Å². The van der Waals surface area contributed by atoms with Crippen LogP contribution in [0.2, 0.25) is 0 Å². The van der Waals surface area contributed by atoms with Crippen LogP contribution in [0.5, 0.6) is 0 Å². The summed E-state index contributed by atoms with van der Waals surface area (Å²) in [7, 11) is 1.67. The van der Waals surface area contributed by atoms with Gasteiger partial charge >= 0.3 is 0 Å². The first kappa shape index (κ1) is 20.3. The van der Waals surface area contributed by atoms with Gasteiger partial charge in [0, 0.05) is 20.0 Å². The Hall–Kier alpha value is -2.62. The van der Waals surface area contributed by atoms with Gasteiger partial charge in [0.15, 0.2) is 6.04 Å². The number of rotatable bonds is 6. The number of nitrogens with zero attached hydrogens (tertiary/aromatic N) is 4. The predicted octanol–water partition coefficient (Wildman–Crippen LogP) is -1.50. The van der Waals surface area contributed by atoms with Crippen molar-refractivity contribution in [1.82, 2.24) is 25.2 Å². The Bertz CT molecular complexity index is 1120. The molecule has 0 bridgehead atoms. The average Bonchev–Trinajstić information content (AvgIpc) is 3.43. The van der Waals surface area contributed by atoms with Crippen molar-refractivity contribution >= 4 is 10.9 Å². The van der Waals surface area contributed by atoms with Crippen LogP contribution in [0.1, 0.15) is 35.8 Å². The van der Waals surface area contributed by atoms with E-state index in [2.05, 4.69) is 26.6 Å². The van der Waals surface area contributed by atoms with Crippen molar-refractivity contribution < 1.29 is 14.5 Å². The van der Waals surface area contributed by atoms with Gasteiger partial charge in [-0.2, -0.15) is 0 Å². The Kier molecular flexibility index (Phi) is 5.56. The first-order chi connectivity index (χ1) is 15.2. The van der Waals surface area contributed by atoms with Gasteiger partial charge in [-0.15, -0.1) is 5.10 Å². The summed E-state index contributed by atoms with van der Waals surface area (Å²) in [5, 5.41) is 13.6. The zero-order valence-corrected chi connectivity index (χ0v) is 18.2. The maximum absolute atomic E-state index is 13.3. The maximum Gasteiger partial charge on any atom is 0.258 e. The number of para-hydroxylation sites is 1. The highest BCUT2D eigenvalue weighted by atomic mass is 16.5. The molecule has 0 radical (unpaired) electrons. The van der Waals surface area contributed by atoms with Crippen LogP contribution in [0.15, 0.2) is 29.1 Å². The average molecular weight is 426 g/mol. The zero-order valence-electron chi connectivity index (χ0n) is 18.2. The van der Waals surface area contributed by atoms with Gasteiger partial charge in [0.25, 0.3) is 5.56 Å². The Labute approximate surface area is 181 Å². The zero-order chi connectivity index (χ0) is 21.4. The summed E-state index contributed by atoms with van der Waals surface area (Å²) in [6.45, 7) is 7.53. The van der Waals surface area contributed by atoms with E-state index in [0.29, 0.717) is 19.2 Å². The molecule has 2 aliphatic rings. The van der Waals surface area contributed by atoms with Crippen molar-refractivity contribution in [2.45, 2.75) is 38.4 Å². The molecule has 164 valence electrons. The number of hydrogen-bond donors (Lipinski definition) is 3. The molecule has 3 N–H and O–H groups in total. The number of aryl methyl sites for hydroxylation is 1. The van der Waals surface area contributed by atoms with Gasteiger partial charge in [-0.05, 0) is 34.4 Å². The molecule has 4 heterocycles. The van der Waals surface area contributed by atoms with Crippen LogP contribution < -0.4 is 15.4 Å². The van der Waals surface area contributed by atoms with Crippen molar-refractivity contribution in [3.63, 3.8) is 0 Å². The summed E-state index contributed by atoms with van der Waals surface area (Å²) in [4.78, 5) is 19.6. The second kappa shape index (κ2) is 8.49. The van der Waals surface area contributed by atoms with Gasteiger partial charge in [0.05, 0.1) is 30.8 Å². The normalized spacial score (nSPS) is 24.4. The molecule has 31 heavy (non-hydrogen) atoms. The molecule has 0 saturated carbocycles. The summed E-state index contributed by atoms with van der Waals surface area (Å²) in [5.74, 6) is 0.742. The molecule has 9 heteroatoms. The van der Waals surface area contributed by atoms with Crippen molar-refractivity contribution in [3.05, 3.63) is 51.6 Å². The lowest BCUT2D eigenvalue weighted by molar-refractivity contribution is -1.03. The number of H-pyrrole nitrogens is 1. The Morgan fingerprint density at radius 2 is 2.23 bits per heavy atom. The lowest BCUT2D eigenvalue weighted by Gasteiger charge is -2.36. The van der Waals surface area contributed by atoms with Crippen LogP contribution in [0, 0.1) is 6.92 Å². The third kappa shape index (κ3) is 3.77. The van der Waals surface area contributed by atoms with E-state index in [1.807, 2.05) is 25.1 Å². The van der Waals surface area contributed by atoms with E-state index in [-0.39, 0.29) is 11.6 Å². The van der Waals surface area contributed by atoms with Crippen LogP contribution in [0.25, 0.3) is 10.9 Å². The molecule has 9 nitrogen and oxygen atoms in total. The molecule has 0 amide bonds. The Morgan fingerprint density at radius 1 is 1.32 bits per heavy atom. The lowest BCUT2D eigenvalue weighted by atomic mass is 10.00. The molecule has 2 aliphatic heterocycles. The summed E-state index contributed by atoms with van der Waals surface area (Å²) < 4.78 is 7.06. The number of ether oxygens (including phenoxy) is 1. The van der Waals surface area contributed by atoms with Crippen LogP contribution in [0.3, 0.4) is 0 Å². The molecule has 5 rings (SSSR count). The maximum atomic E-state index is 13.3. The molecule has 2 saturated heterocycles. The molecule has 2 fully saturated rings. The van der Waals surface area contributed by atoms with E-state index < -0.39 is 0 Å². The number of hydrogen-bond acceptors (Lipinski definition) is 5. The number of methoxy groups -OCH3 is 1. The molecule has 2 aromatic heterocycles. The van der Waals surface area contributed by atoms with E-state index in [1.165, 1.54) is 24.3 Å². The smallest absolute Gasteiger partial charge is 0.258 e. The standard InChI is InChI=1S/C22H29N7O2/c1-15-5-3-6-16-13-18(22(30)23-19(15)16)20(21-24-25-26-29(21)11-12-31-2)28-10-9-27-8-4-7-17(27)14-28/h3,5-6,13,17,20H,4,7-12,14H2,1-2H3,(H,23,30)/p+2/t17-,20-/m1/s1. The summed E-state index contributed by atoms with van der Waals surface area (Å²) in [6.07, 6.45) is 2.55. The third-order valence-electron chi connectivity index (χ3n) is 7.06. The largest absolute Gasteiger partial charge is 0.383 e. The Balaban J connectivity index is 1.61. The first-order valence-electron chi connectivity index (χ1n) is 11.2. The molecule has 1 aromatic carbocycles. The SMILES string of the molecule is COCCn1nnnc1[C@@H](c1cc2cccc(C)c2[nH]c1=O)[NH+]1CC[NH+]2CCC[C@@H]2C1. The van der Waals surface area contributed by atoms with Crippen molar-refractivity contribution in [2.75, 3.05) is 39.9 Å². The summed E-state index contributed by atoms with van der Waals surface area (Å²) in [5.41, 5.74) is 2.65. The number of quaternary nitrogens is 2. The number of aromatic amines is 1. The molecule has 0 spiro atoms. The van der Waals surface area contributed by atoms with Crippen molar-refractivity contribution in [1.29, 1.82) is 0 Å². The number of piperazine rings is 1. The monoisotopic (exact) mass is 425 g/mol. The minimum Gasteiger partial charge on any atom is -0.383 e. The van der Waals surface area contributed by atoms with Crippen LogP contribution in [0.4, 0.5) is 0 Å². The third-order valence-corrected chi connectivity index (χ3v) is 7.06. The molecule has 4 atom stereocenters. The van der Waals surface area contributed by atoms with Crippen LogP contribution >= 0.6 is 0 Å². The minimum absolute atomic E-state index is 0.0539. The fourth-order valence-corrected chi connectivity index (χ4v) is 5.47. The Morgan fingerprint density at radius 3 is 3.10 bits per heavy atom. The second-order valence-corrected chi connectivity index (χ2v) is 8.89. The number of tetrazole rings is 1. The number of aromatic nitrogens is 5. The topological polar surface area (TPSA) is 94.6 Å². The van der Waals surface area contributed by atoms with Gasteiger partial charge in [-0.3, -0.25) is 4.79 Å². The fourth-order valence-electron chi connectivity index (χ4n) is 5.47. The van der Waals surface area contributed by atoms with Crippen LogP contribution in [-0.2, 0) is 11.3 Å². The number of nitrogens with one attached hydrogen (secondary N) is 3. The van der Waals surface area contributed by atoms with E-state index >= 15 is 0 Å². The van der Waals surface area contributed by atoms with Gasteiger partial charge in [0.1, 0.15) is 25.7 Å². The molecule has 3 aromatic rings. The van der Waals surface area contributed by atoms with Gasteiger partial charge in [-0.1, -0.05) is 18.2 Å². The highest BCUT2D eigenvalue weighted by molar-refractivity contribution is 5.82. The number of benzene rings is 1. The van der Waals surface area contributed by atoms with Crippen molar-refractivity contribution in [3.8, 4) is 0 Å². The predicted molar refractivity (Wildman–Crippen MR) is 115 cm³/mol. The summed E-state index contributed by atoms with van der Waals surface area (Å²) in [6, 6.07) is 8.60. The summed E-state index contributed by atoms with van der Waals surface area (Å²) >= 11 is 0. The molecule has 2 unspecified atom stereocenters. The minimum atomic E-state index is -0.206. The van der Waals surface area contributed by atoms with E-state index in [9.17, 15) is 4.79 Å². The van der Waals surface area contributed by atoms with E-state index in [4.69, 9.17) is 4.74 Å². The van der Waals surface area contributed by atoms with E-state index in [1.54, 1.807) is 16.7 Å². The lowest BCUT2D eigenvalue weighted by Crippen LogP contribution is -3.29. The van der Waals surface area contributed by atoms with Crippen LogP contribution in [-0.4, -0.2) is 71.1 Å². The number of fused-ring (bicyclic) bond motifs is 2. The quantitative estimate of drug-likeness (QED) is 0.447. The molecular formula is C22H31N7O2+2. The van der Waals surface area contributed by atoms with Gasteiger partial charge in [-0.25, -0.2) is 4.68 Å². The fraction of sp³-hybridized carbons (Fsp3) is 0.545. The second-order valence-electron chi connectivity index (χ2n) is 8.89. The highest BCUT2D eigenvalue weighted by Crippen LogP contribution is 2.20. The molecule has 0 aliphatic carbocycles. The van der Waals surface area contributed by atoms with Crippen molar-refractivity contribution in [2.24, 2.45) is 0 Å². The van der Waals surface area contributed by atoms with Gasteiger partial charge < -0.3 is 19.5 Å².